The van der Waals surface area contributed by atoms with Gasteiger partial charge in [0.25, 0.3) is 59.4 Å². The molecule has 0 spiro atoms. The van der Waals surface area contributed by atoms with Gasteiger partial charge in [0, 0.05) is 19.2 Å². The lowest BCUT2D eigenvalue weighted by Crippen LogP contribution is -2.89. The molecule has 0 aromatic carbocycles. The second kappa shape index (κ2) is 41.7. The normalized spacial score (nSPS) is 6.89. The van der Waals surface area contributed by atoms with Crippen LogP contribution >= 0.6 is 0 Å². The summed E-state index contributed by atoms with van der Waals surface area (Å²) in [6, 6.07) is 0. The Morgan fingerprint density at radius 3 is 0.480 bits per heavy atom. The van der Waals surface area contributed by atoms with Crippen molar-refractivity contribution in [3.05, 3.63) is 0 Å². The summed E-state index contributed by atoms with van der Waals surface area (Å²) in [6.45, 7) is 26.0. The minimum absolute atomic E-state index is 0.630. The Hall–Kier alpha value is -7.70. The first kappa shape index (κ1) is 67.3. The number of terminal acetylenes is 1. The summed E-state index contributed by atoms with van der Waals surface area (Å²) in [5.41, 5.74) is 0. The van der Waals surface area contributed by atoms with Crippen LogP contribution in [0.2, 0.25) is 0 Å². The predicted octanol–water partition coefficient (Wildman–Crippen LogP) is 2.95. The third-order valence-corrected chi connectivity index (χ3v) is 12.2. The molecule has 0 nitrogen and oxygen atoms in total. The molecule has 75 heavy (non-hydrogen) atoms. The van der Waals surface area contributed by atoms with E-state index in [1.165, 1.54) is 0 Å². The maximum Gasteiger partial charge on any atom is 0.288 e. The third-order valence-electron chi connectivity index (χ3n) is 12.2. The summed E-state index contributed by atoms with van der Waals surface area (Å²) >= 11 is 0. The van der Waals surface area contributed by atoms with Crippen molar-refractivity contribution in [3.63, 3.8) is 0 Å². The molecule has 0 bridgehead atoms. The lowest BCUT2D eigenvalue weighted by molar-refractivity contribution is 1.92. The largest absolute Gasteiger partial charge is 0.288 e. The van der Waals surface area contributed by atoms with Crippen LogP contribution in [-0.4, -0.2) is 111 Å². The van der Waals surface area contributed by atoms with Crippen molar-refractivity contribution in [3.8, 4) is 235 Å². The zero-order valence-electron chi connectivity index (χ0n) is 47.9. The van der Waals surface area contributed by atoms with Gasteiger partial charge in [0.05, 0.1) is 0 Å². The van der Waals surface area contributed by atoms with Gasteiger partial charge in [-0.15, -0.1) is 218 Å². The van der Waals surface area contributed by atoms with E-state index < -0.39 is 111 Å². The molecule has 0 aliphatic rings. The molecule has 0 radical (unpaired) electrons. The van der Waals surface area contributed by atoms with E-state index in [-0.39, 0.29) is 0 Å². The molecule has 0 atom stereocenters. The van der Waals surface area contributed by atoms with Crippen molar-refractivity contribution in [1.82, 2.24) is 0 Å². The smallest absolute Gasteiger partial charge is 0.158 e. The molecule has 0 N–H and O–H groups in total. The summed E-state index contributed by atoms with van der Waals surface area (Å²) in [4.78, 5) is 0. The van der Waals surface area contributed by atoms with Crippen LogP contribution in [0, 0.1) is 235 Å². The minimum Gasteiger partial charge on any atom is -0.158 e. The Balaban J connectivity index is 12.4. The average Bonchev–Trinajstić information content (AvgIpc) is 3.38. The molecule has 0 fully saturated rings. The first-order valence-corrected chi connectivity index (χ1v) is 25.1. The molecule has 0 aromatic heterocycles. The van der Waals surface area contributed by atoms with Gasteiger partial charge in [-0.05, 0) is 136 Å². The van der Waals surface area contributed by atoms with E-state index in [0.717, 1.165) is 0 Å². The first-order chi connectivity index (χ1) is 36.5. The second-order valence-electron chi connectivity index (χ2n) is 16.4. The van der Waals surface area contributed by atoms with Gasteiger partial charge in [-0.2, -0.15) is 5.82 Å². The highest BCUT2D eigenvalue weighted by molar-refractivity contribution is 8.23. The van der Waals surface area contributed by atoms with Crippen LogP contribution in [-0.2, 0) is 0 Å². The molecule has 0 heterocycles. The van der Waals surface area contributed by atoms with E-state index in [9.17, 15) is 0 Å². The number of rotatable bonds is 16. The molecule has 0 rings (SSSR count). The Bertz CT molecular complexity index is 2900. The van der Waals surface area contributed by atoms with Crippen molar-refractivity contribution in [2.24, 2.45) is 0 Å². The van der Waals surface area contributed by atoms with Crippen LogP contribution in [0.4, 0.5) is 0 Å². The summed E-state index contributed by atoms with van der Waals surface area (Å²) in [5, 5.41) is 0. The molecular weight excluding hydrogens is 880 g/mol. The molecule has 0 aromatic rings. The Morgan fingerprint density at radius 1 is 0.173 bits per heavy atom. The quantitative estimate of drug-likeness (QED) is 0.165. The highest BCUT2D eigenvalue weighted by atomic mass is 13.7. The second-order valence-corrected chi connectivity index (χ2v) is 16.4. The van der Waals surface area contributed by atoms with Crippen LogP contribution in [0.3, 0.4) is 0 Å². The van der Waals surface area contributed by atoms with Gasteiger partial charge in [-0.3, -0.25) is 0 Å². The fourth-order valence-corrected chi connectivity index (χ4v) is 10.2. The molecule has 17 heteroatoms. The lowest BCUT2D eigenvalue weighted by Gasteiger charge is -2.45. The fraction of sp³-hybridized carbons (Fsp3) is 0.310. The van der Waals surface area contributed by atoms with E-state index in [1.54, 1.807) is 13.8 Å². The molecule has 0 aliphatic carbocycles. The highest BCUT2D eigenvalue weighted by Gasteiger charge is 2.66. The van der Waals surface area contributed by atoms with E-state index in [2.05, 4.69) is 229 Å². The predicted molar refractivity (Wildman–Crippen MR) is 357 cm³/mol. The zero-order valence-corrected chi connectivity index (χ0v) is 47.9. The number of hydrogen-bond acceptors (Lipinski definition) is 0. The SMILES string of the molecule is C#CC#CB(B(C#CC)C#CC)B(B(B(C#CC)C#CC)B(C#CC)C#CC)B(B(B(C#CC)C#CC)B(C#CC)C#CC)B(B(B(C#CC)C#CC)B(C#CC)C#CC)B(B(C#CC)C#CC)B(C#CC)C#CC. The maximum atomic E-state index is 6.20. The van der Waals surface area contributed by atoms with Gasteiger partial charge in [-0.25, -0.2) is 0 Å². The van der Waals surface area contributed by atoms with Gasteiger partial charge in [0.1, 0.15) is 25.5 Å². The van der Waals surface area contributed by atoms with Gasteiger partial charge in [-0.1, -0.05) is 0 Å². The van der Waals surface area contributed by atoms with Crippen molar-refractivity contribution >= 4 is 111 Å². The van der Waals surface area contributed by atoms with E-state index >= 15 is 0 Å². The molecule has 0 unspecified atom stereocenters. The monoisotopic (exact) mass is 939 g/mol. The van der Waals surface area contributed by atoms with Crippen LogP contribution in [0.25, 0.3) is 0 Å². The van der Waals surface area contributed by atoms with Gasteiger partial charge in [0.2, 0.25) is 0 Å². The standard InChI is InChI=1S/C58H55B17/c1-20-39-58-68(59(40-21-2)41-22-3)73(69(60(42-23-4)43-24-5)61(44-25-6)45-26-7)75(72(66(54-35-16)55-36-17)67(56-37-18)57-38-19)74(70(62(46-27-8)47-28-9)63(48-29-10)49-30-11)71(64(50-31-12)51-32-13)65(52-33-14)53-34-15/h1H,2-19H3. The van der Waals surface area contributed by atoms with Crippen molar-refractivity contribution in [2.75, 3.05) is 0 Å². The van der Waals surface area contributed by atoms with E-state index in [4.69, 9.17) is 6.42 Å². The lowest BCUT2D eigenvalue weighted by atomic mass is 8.34. The van der Waals surface area contributed by atoms with Gasteiger partial charge >= 0.3 is 0 Å². The van der Waals surface area contributed by atoms with Crippen LogP contribution < -0.4 is 0 Å². The Labute approximate surface area is 467 Å². The molecule has 0 amide bonds. The zero-order chi connectivity index (χ0) is 56.4. The molecule has 338 valence electrons. The van der Waals surface area contributed by atoms with Gasteiger partial charge < -0.3 is 0 Å². The van der Waals surface area contributed by atoms with Crippen LogP contribution in [0.15, 0.2) is 0 Å². The van der Waals surface area contributed by atoms with Crippen LogP contribution in [0.1, 0.15) is 125 Å². The summed E-state index contributed by atoms with van der Waals surface area (Å²) < 4.78 is 0. The first-order valence-electron chi connectivity index (χ1n) is 25.1. The molecule has 0 saturated carbocycles. The average molecular weight is 936 g/mol. The van der Waals surface area contributed by atoms with Crippen molar-refractivity contribution in [1.29, 1.82) is 0 Å². The summed E-state index contributed by atoms with van der Waals surface area (Å²) in [6.07, 6.45) is 1.51. The summed E-state index contributed by atoms with van der Waals surface area (Å²) in [5.74, 6) is 133. The topological polar surface area (TPSA) is 0 Å². The van der Waals surface area contributed by atoms with Crippen molar-refractivity contribution < 1.29 is 0 Å². The molecular formula is C58H55B17. The molecule has 0 aliphatic heterocycles. The maximum absolute atomic E-state index is 6.20. The van der Waals surface area contributed by atoms with E-state index in [0.29, 0.717) is 0 Å². The van der Waals surface area contributed by atoms with E-state index in [1.807, 2.05) is 111 Å². The Kier molecular flexibility index (Phi) is 37.5. The van der Waals surface area contributed by atoms with Crippen LogP contribution in [0.5, 0.6) is 0 Å². The highest BCUT2D eigenvalue weighted by Crippen LogP contribution is 2.23. The van der Waals surface area contributed by atoms with Crippen molar-refractivity contribution in [2.45, 2.75) is 125 Å². The molecule has 0 saturated heterocycles. The fourth-order valence-electron chi connectivity index (χ4n) is 10.2. The summed E-state index contributed by atoms with van der Waals surface area (Å²) in [7, 11) is 0. The Morgan fingerprint density at radius 2 is 0.320 bits per heavy atom. The third kappa shape index (κ3) is 21.0. The van der Waals surface area contributed by atoms with Gasteiger partial charge in [0.15, 0.2) is 6.49 Å². The number of hydrogen-bond donors (Lipinski definition) is 0. The minimum atomic E-state index is -0.765.